The van der Waals surface area contributed by atoms with Crippen LogP contribution in [-0.4, -0.2) is 76.6 Å². The Balaban J connectivity index is 1.71. The SMILES string of the molecule is CC(C)CC(=O)Nc1ccc(C(=O)NN2CCC(=O)N3CCCC(C(=O)NCC=O)N3C2=O)cc1. The Morgan fingerprint density at radius 3 is 2.49 bits per heavy atom. The van der Waals surface area contributed by atoms with Crippen LogP contribution < -0.4 is 16.1 Å². The molecule has 1 aromatic rings. The number of carbonyl (C=O) groups is 6. The fraction of sp³-hybridized carbons (Fsp3) is 0.478. The van der Waals surface area contributed by atoms with Crippen LogP contribution in [0.1, 0.15) is 49.9 Å². The van der Waals surface area contributed by atoms with Gasteiger partial charge in [0.25, 0.3) is 5.91 Å². The first-order valence-electron chi connectivity index (χ1n) is 11.5. The molecule has 1 unspecified atom stereocenters. The third kappa shape index (κ3) is 6.34. The number of rotatable bonds is 8. The molecule has 3 N–H and O–H groups in total. The summed E-state index contributed by atoms with van der Waals surface area (Å²) in [4.78, 5) is 73.9. The molecule has 2 aliphatic rings. The number of carbonyl (C=O) groups excluding carboxylic acids is 6. The molecule has 2 saturated heterocycles. The smallest absolute Gasteiger partial charge is 0.347 e. The van der Waals surface area contributed by atoms with Gasteiger partial charge in [0.1, 0.15) is 12.3 Å². The summed E-state index contributed by atoms with van der Waals surface area (Å²) < 4.78 is 0. The highest BCUT2D eigenvalue weighted by Crippen LogP contribution is 2.23. The Morgan fingerprint density at radius 1 is 1.11 bits per heavy atom. The molecule has 0 spiro atoms. The second-order valence-corrected chi connectivity index (χ2v) is 8.78. The van der Waals surface area contributed by atoms with Gasteiger partial charge in [-0.25, -0.2) is 19.8 Å². The maximum Gasteiger partial charge on any atom is 0.358 e. The van der Waals surface area contributed by atoms with E-state index in [1.54, 1.807) is 12.1 Å². The molecule has 1 atom stereocenters. The van der Waals surface area contributed by atoms with E-state index in [1.165, 1.54) is 17.1 Å². The Labute approximate surface area is 202 Å². The zero-order valence-corrected chi connectivity index (χ0v) is 19.8. The van der Waals surface area contributed by atoms with Gasteiger partial charge in [-0.1, -0.05) is 13.8 Å². The lowest BCUT2D eigenvalue weighted by molar-refractivity contribution is -0.155. The molecule has 0 aromatic heterocycles. The topological polar surface area (TPSA) is 148 Å². The number of hydrazine groups is 2. The molecule has 0 radical (unpaired) electrons. The van der Waals surface area contributed by atoms with Gasteiger partial charge >= 0.3 is 6.03 Å². The number of urea groups is 1. The molecule has 1 aromatic carbocycles. The average molecular weight is 487 g/mol. The van der Waals surface area contributed by atoms with Crippen LogP contribution in [0.15, 0.2) is 24.3 Å². The van der Waals surface area contributed by atoms with Crippen molar-refractivity contribution >= 4 is 41.6 Å². The third-order valence-corrected chi connectivity index (χ3v) is 5.59. The Hall–Kier alpha value is -3.96. The molecule has 0 saturated carbocycles. The molecule has 0 bridgehead atoms. The number of hydrogen-bond acceptors (Lipinski definition) is 6. The minimum Gasteiger partial charge on any atom is -0.347 e. The maximum atomic E-state index is 13.3. The molecule has 2 fully saturated rings. The number of fused-ring (bicyclic) bond motifs is 1. The molecule has 2 aliphatic heterocycles. The van der Waals surface area contributed by atoms with Gasteiger partial charge in [0, 0.05) is 30.6 Å². The lowest BCUT2D eigenvalue weighted by Gasteiger charge is -2.42. The number of anilines is 1. The van der Waals surface area contributed by atoms with Crippen molar-refractivity contribution in [2.45, 2.75) is 45.6 Å². The zero-order chi connectivity index (χ0) is 25.5. The van der Waals surface area contributed by atoms with Gasteiger partial charge < -0.3 is 15.4 Å². The first kappa shape index (κ1) is 25.7. The van der Waals surface area contributed by atoms with Crippen LogP contribution in [0, 0.1) is 5.92 Å². The molecule has 12 nitrogen and oxygen atoms in total. The van der Waals surface area contributed by atoms with E-state index >= 15 is 0 Å². The molecule has 35 heavy (non-hydrogen) atoms. The molecular weight excluding hydrogens is 456 g/mol. The monoisotopic (exact) mass is 486 g/mol. The molecular formula is C23H30N6O6. The fourth-order valence-electron chi connectivity index (χ4n) is 3.95. The Kier molecular flexibility index (Phi) is 8.39. The number of nitrogens with zero attached hydrogens (tertiary/aromatic N) is 3. The van der Waals surface area contributed by atoms with Crippen LogP contribution in [0.2, 0.25) is 0 Å². The van der Waals surface area contributed by atoms with Gasteiger partial charge in [-0.05, 0) is 43.0 Å². The summed E-state index contributed by atoms with van der Waals surface area (Å²) in [5.74, 6) is -1.39. The molecule has 0 aliphatic carbocycles. The van der Waals surface area contributed by atoms with Crippen molar-refractivity contribution in [2.24, 2.45) is 5.92 Å². The van der Waals surface area contributed by atoms with Crippen LogP contribution in [-0.2, 0) is 19.2 Å². The average Bonchev–Trinajstić information content (AvgIpc) is 2.94. The second kappa shape index (κ2) is 11.4. The van der Waals surface area contributed by atoms with Gasteiger partial charge in [-0.2, -0.15) is 0 Å². The maximum absolute atomic E-state index is 13.3. The minimum atomic E-state index is -0.980. The quantitative estimate of drug-likeness (QED) is 0.460. The zero-order valence-electron chi connectivity index (χ0n) is 19.8. The predicted octanol–water partition coefficient (Wildman–Crippen LogP) is 0.665. The summed E-state index contributed by atoms with van der Waals surface area (Å²) in [7, 11) is 0. The minimum absolute atomic E-state index is 0.0357. The summed E-state index contributed by atoms with van der Waals surface area (Å²) in [5.41, 5.74) is 3.30. The standard InChI is InChI=1S/C23H30N6O6/c1-15(2)14-19(31)25-17-7-5-16(6-8-17)21(33)26-27-12-9-20(32)28-11-3-4-18(29(28)23(27)35)22(34)24-10-13-30/h5-8,13,15,18H,3-4,9-12,14H2,1-2H3,(H,24,34)(H,25,31)(H,26,33). The molecule has 12 heteroatoms. The van der Waals surface area contributed by atoms with E-state index in [1.807, 2.05) is 13.8 Å². The van der Waals surface area contributed by atoms with Gasteiger partial charge in [-0.15, -0.1) is 0 Å². The number of amides is 6. The number of hydrogen-bond donors (Lipinski definition) is 3. The van der Waals surface area contributed by atoms with E-state index in [-0.39, 0.29) is 49.4 Å². The van der Waals surface area contributed by atoms with Crippen LogP contribution in [0.25, 0.3) is 0 Å². The van der Waals surface area contributed by atoms with Crippen molar-refractivity contribution < 1.29 is 28.8 Å². The van der Waals surface area contributed by atoms with E-state index < -0.39 is 23.9 Å². The van der Waals surface area contributed by atoms with Crippen molar-refractivity contribution in [1.82, 2.24) is 25.8 Å². The molecule has 6 amide bonds. The van der Waals surface area contributed by atoms with Crippen LogP contribution in [0.3, 0.4) is 0 Å². The first-order valence-corrected chi connectivity index (χ1v) is 11.5. The van der Waals surface area contributed by atoms with Crippen molar-refractivity contribution in [3.05, 3.63) is 29.8 Å². The molecule has 2 heterocycles. The number of benzene rings is 1. The largest absolute Gasteiger partial charge is 0.358 e. The van der Waals surface area contributed by atoms with Crippen LogP contribution in [0.4, 0.5) is 10.5 Å². The summed E-state index contributed by atoms with van der Waals surface area (Å²) in [6.07, 6.45) is 1.69. The highest BCUT2D eigenvalue weighted by atomic mass is 16.2. The summed E-state index contributed by atoms with van der Waals surface area (Å²) >= 11 is 0. The van der Waals surface area contributed by atoms with E-state index in [4.69, 9.17) is 0 Å². The highest BCUT2D eigenvalue weighted by molar-refractivity contribution is 5.97. The fourth-order valence-corrected chi connectivity index (χ4v) is 3.95. The number of nitrogens with one attached hydrogen (secondary N) is 3. The summed E-state index contributed by atoms with van der Waals surface area (Å²) in [6, 6.07) is 4.49. The van der Waals surface area contributed by atoms with E-state index in [0.717, 1.165) is 10.0 Å². The van der Waals surface area contributed by atoms with Crippen LogP contribution >= 0.6 is 0 Å². The van der Waals surface area contributed by atoms with E-state index in [0.29, 0.717) is 31.2 Å². The summed E-state index contributed by atoms with van der Waals surface area (Å²) in [6.45, 7) is 3.87. The van der Waals surface area contributed by atoms with Crippen molar-refractivity contribution in [1.29, 1.82) is 0 Å². The molecule has 3 rings (SSSR count). The second-order valence-electron chi connectivity index (χ2n) is 8.78. The van der Waals surface area contributed by atoms with Crippen molar-refractivity contribution in [3.63, 3.8) is 0 Å². The Morgan fingerprint density at radius 2 is 1.83 bits per heavy atom. The molecule has 188 valence electrons. The van der Waals surface area contributed by atoms with Gasteiger partial charge in [0.05, 0.1) is 13.1 Å². The van der Waals surface area contributed by atoms with Crippen molar-refractivity contribution in [2.75, 3.05) is 25.0 Å². The van der Waals surface area contributed by atoms with Gasteiger partial charge in [0.2, 0.25) is 17.7 Å². The lowest BCUT2D eigenvalue weighted by Crippen LogP contribution is -2.64. The van der Waals surface area contributed by atoms with Gasteiger partial charge in [0.15, 0.2) is 0 Å². The Bertz CT molecular complexity index is 995. The highest BCUT2D eigenvalue weighted by Gasteiger charge is 2.43. The van der Waals surface area contributed by atoms with E-state index in [2.05, 4.69) is 16.1 Å². The van der Waals surface area contributed by atoms with Crippen molar-refractivity contribution in [3.8, 4) is 0 Å². The van der Waals surface area contributed by atoms with Gasteiger partial charge in [-0.3, -0.25) is 24.6 Å². The first-order chi connectivity index (χ1) is 16.7. The lowest BCUT2D eigenvalue weighted by atomic mass is 10.1. The number of aldehydes is 1. The van der Waals surface area contributed by atoms with E-state index in [9.17, 15) is 28.8 Å². The normalized spacial score (nSPS) is 18.0. The predicted molar refractivity (Wildman–Crippen MR) is 124 cm³/mol. The summed E-state index contributed by atoms with van der Waals surface area (Å²) in [5, 5.41) is 8.50. The van der Waals surface area contributed by atoms with Crippen LogP contribution in [0.5, 0.6) is 0 Å². The third-order valence-electron chi connectivity index (χ3n) is 5.59.